The molecule has 0 saturated carbocycles. The van der Waals surface area contributed by atoms with Gasteiger partial charge in [-0.2, -0.15) is 0 Å². The van der Waals surface area contributed by atoms with Crippen molar-refractivity contribution in [1.29, 1.82) is 0 Å². The number of allylic oxidation sites excluding steroid dienone is 4. The Morgan fingerprint density at radius 2 is 1.50 bits per heavy atom. The number of nitrogens with zero attached hydrogens (tertiary/aromatic N) is 1. The molecule has 5 nitrogen and oxygen atoms in total. The van der Waals surface area contributed by atoms with Crippen LogP contribution in [0.1, 0.15) is 32.8 Å². The van der Waals surface area contributed by atoms with Gasteiger partial charge in [-0.25, -0.2) is 0 Å². The van der Waals surface area contributed by atoms with E-state index in [0.29, 0.717) is 16.5 Å². The summed E-state index contributed by atoms with van der Waals surface area (Å²) < 4.78 is 6.63. The summed E-state index contributed by atoms with van der Waals surface area (Å²) in [6, 6.07) is 16.3. The van der Waals surface area contributed by atoms with Crippen LogP contribution in [0.3, 0.4) is 0 Å². The molecule has 10 heteroatoms. The lowest BCUT2D eigenvalue weighted by Gasteiger charge is -2.16. The van der Waals surface area contributed by atoms with E-state index in [9.17, 15) is 14.7 Å². The topological polar surface area (TPSA) is 68.5 Å². The zero-order valence-electron chi connectivity index (χ0n) is 19.5. The first-order chi connectivity index (χ1) is 18.1. The molecule has 5 rings (SSSR count). The Bertz CT molecular complexity index is 1730. The van der Waals surface area contributed by atoms with E-state index in [4.69, 9.17) is 62.7 Å². The Labute approximate surface area is 242 Å². The van der Waals surface area contributed by atoms with Gasteiger partial charge in [0.2, 0.25) is 5.78 Å². The average Bonchev–Trinajstić information content (AvgIpc) is 3.39. The number of benzene rings is 3. The number of aromatic nitrogens is 1. The number of halogens is 5. The van der Waals surface area contributed by atoms with Crippen LogP contribution in [0.4, 0.5) is 0 Å². The summed E-state index contributed by atoms with van der Waals surface area (Å²) >= 11 is 32.4. The van der Waals surface area contributed by atoms with Crippen molar-refractivity contribution >= 4 is 86.0 Å². The highest BCUT2D eigenvalue weighted by molar-refractivity contribution is 6.47. The van der Waals surface area contributed by atoms with Gasteiger partial charge in [-0.3, -0.25) is 14.2 Å². The number of ether oxygens (including phenoxy) is 1. The van der Waals surface area contributed by atoms with Crippen LogP contribution in [-0.2, 0) is 0 Å². The number of methoxy groups -OCH3 is 1. The number of carbonyl (C=O) groups is 2. The molecule has 0 aliphatic heterocycles. The first-order valence-corrected chi connectivity index (χ1v) is 13.0. The minimum atomic E-state index is -0.645. The van der Waals surface area contributed by atoms with Crippen LogP contribution in [0.25, 0.3) is 16.5 Å². The van der Waals surface area contributed by atoms with Crippen LogP contribution in [-0.4, -0.2) is 28.3 Å². The highest BCUT2D eigenvalue weighted by Crippen LogP contribution is 2.46. The van der Waals surface area contributed by atoms with Crippen molar-refractivity contribution in [3.8, 4) is 11.5 Å². The molecule has 1 aliphatic rings. The van der Waals surface area contributed by atoms with Crippen LogP contribution in [0.15, 0.2) is 76.3 Å². The summed E-state index contributed by atoms with van der Waals surface area (Å²) in [7, 11) is 1.45. The number of hydrogen-bond donors (Lipinski definition) is 1. The summed E-state index contributed by atoms with van der Waals surface area (Å²) in [6.07, 6.45) is -0.000580. The summed E-state index contributed by atoms with van der Waals surface area (Å²) in [5.74, 6) is -0.970. The molecule has 0 unspecified atom stereocenters. The fourth-order valence-electron chi connectivity index (χ4n) is 4.46. The summed E-state index contributed by atoms with van der Waals surface area (Å²) in [5, 5.41) is 12.4. The second kappa shape index (κ2) is 10.3. The standard InChI is InChI=1S/C28H16Cl5NO4/c1-38-22-9-5-4-8-15(22)26(36)16-10-19(30)23(32)24(16)34-21(12-20(31)28(34)33)27(37)17-11-18(29)13-6-2-3-7-14(13)25(17)35/h2-9,11-12,35H,10H2,1H3. The number of rotatable bonds is 6. The van der Waals surface area contributed by atoms with Gasteiger partial charge in [0.1, 0.15) is 16.7 Å². The molecule has 1 aromatic heterocycles. The molecule has 0 fully saturated rings. The summed E-state index contributed by atoms with van der Waals surface area (Å²) in [4.78, 5) is 27.6. The smallest absolute Gasteiger partial charge is 0.213 e. The van der Waals surface area contributed by atoms with Gasteiger partial charge in [0, 0.05) is 32.8 Å². The molecular weight excluding hydrogens is 592 g/mol. The minimum Gasteiger partial charge on any atom is -0.507 e. The second-order valence-corrected chi connectivity index (χ2v) is 10.4. The first-order valence-electron chi connectivity index (χ1n) is 11.1. The lowest BCUT2D eigenvalue weighted by molar-refractivity contribution is 0.101. The van der Waals surface area contributed by atoms with Gasteiger partial charge in [0.15, 0.2) is 5.78 Å². The highest BCUT2D eigenvalue weighted by atomic mass is 35.5. The van der Waals surface area contributed by atoms with Crippen molar-refractivity contribution in [2.45, 2.75) is 6.42 Å². The van der Waals surface area contributed by atoms with Crippen LogP contribution in [0.2, 0.25) is 15.2 Å². The van der Waals surface area contributed by atoms with Gasteiger partial charge >= 0.3 is 0 Å². The molecule has 192 valence electrons. The fraction of sp³-hybridized carbons (Fsp3) is 0.0714. The monoisotopic (exact) mass is 605 g/mol. The molecule has 0 amide bonds. The van der Waals surface area contributed by atoms with Crippen molar-refractivity contribution < 1.29 is 19.4 Å². The number of phenolic OH excluding ortho intramolecular Hbond substituents is 1. The molecular formula is C28H16Cl5NO4. The molecule has 0 saturated heterocycles. The van der Waals surface area contributed by atoms with E-state index in [2.05, 4.69) is 0 Å². The van der Waals surface area contributed by atoms with Gasteiger partial charge in [-0.05, 0) is 24.3 Å². The Morgan fingerprint density at radius 3 is 2.21 bits per heavy atom. The van der Waals surface area contributed by atoms with Gasteiger partial charge in [-0.1, -0.05) is 94.4 Å². The van der Waals surface area contributed by atoms with Gasteiger partial charge in [0.05, 0.1) is 39.7 Å². The zero-order chi connectivity index (χ0) is 27.3. The number of fused-ring (bicyclic) bond motifs is 1. The number of phenols is 1. The predicted octanol–water partition coefficient (Wildman–Crippen LogP) is 8.73. The van der Waals surface area contributed by atoms with E-state index in [1.54, 1.807) is 48.5 Å². The second-order valence-electron chi connectivity index (χ2n) is 8.39. The summed E-state index contributed by atoms with van der Waals surface area (Å²) in [6.45, 7) is 0. The van der Waals surface area contributed by atoms with Crippen molar-refractivity contribution in [2.75, 3.05) is 7.11 Å². The van der Waals surface area contributed by atoms with Crippen LogP contribution >= 0.6 is 58.0 Å². The van der Waals surface area contributed by atoms with Crippen molar-refractivity contribution in [3.05, 3.63) is 108 Å². The number of para-hydroxylation sites is 1. The average molecular weight is 608 g/mol. The number of aromatic hydroxyl groups is 1. The van der Waals surface area contributed by atoms with Crippen molar-refractivity contribution in [3.63, 3.8) is 0 Å². The van der Waals surface area contributed by atoms with Gasteiger partial charge < -0.3 is 9.84 Å². The maximum absolute atomic E-state index is 13.9. The number of carbonyl (C=O) groups excluding carboxylic acids is 2. The molecule has 0 bridgehead atoms. The molecule has 0 spiro atoms. The largest absolute Gasteiger partial charge is 0.507 e. The Hall–Kier alpha value is -2.93. The maximum atomic E-state index is 13.9. The fourth-order valence-corrected chi connectivity index (χ4v) is 5.64. The SMILES string of the molecule is COc1ccccc1C(=O)C1=C(n2c(C(=O)c3cc(Cl)c4ccccc4c3O)cc(Cl)c2Cl)C(Cl)=C(Cl)C1. The third-order valence-corrected chi connectivity index (χ3v) is 8.15. The Balaban J connectivity index is 1.73. The van der Waals surface area contributed by atoms with Crippen LogP contribution in [0, 0.1) is 0 Å². The van der Waals surface area contributed by atoms with E-state index in [-0.39, 0.29) is 65.5 Å². The predicted molar refractivity (Wildman–Crippen MR) is 152 cm³/mol. The first kappa shape index (κ1) is 26.7. The molecule has 1 heterocycles. The lowest BCUT2D eigenvalue weighted by Crippen LogP contribution is -2.14. The van der Waals surface area contributed by atoms with Gasteiger partial charge in [-0.15, -0.1) is 0 Å². The van der Waals surface area contributed by atoms with Crippen molar-refractivity contribution in [1.82, 2.24) is 4.57 Å². The van der Waals surface area contributed by atoms with E-state index < -0.39 is 11.6 Å². The zero-order valence-corrected chi connectivity index (χ0v) is 23.3. The number of Topliss-reactive ketones (excluding diaryl/α,β-unsaturated/α-hetero) is 1. The normalized spacial score (nSPS) is 13.5. The summed E-state index contributed by atoms with van der Waals surface area (Å²) in [5.41, 5.74) is 0.446. The number of ketones is 2. The Morgan fingerprint density at radius 1 is 0.842 bits per heavy atom. The quantitative estimate of drug-likeness (QED) is 0.223. The molecule has 38 heavy (non-hydrogen) atoms. The molecule has 1 aliphatic carbocycles. The minimum absolute atomic E-state index is 0.000580. The third kappa shape index (κ3) is 4.29. The maximum Gasteiger partial charge on any atom is 0.213 e. The molecule has 0 atom stereocenters. The van der Waals surface area contributed by atoms with Crippen molar-refractivity contribution in [2.24, 2.45) is 0 Å². The van der Waals surface area contributed by atoms with E-state index >= 15 is 0 Å². The molecule has 4 aromatic rings. The molecule has 3 aromatic carbocycles. The van der Waals surface area contributed by atoms with E-state index in [1.165, 1.54) is 23.8 Å². The van der Waals surface area contributed by atoms with Crippen LogP contribution in [0.5, 0.6) is 11.5 Å². The molecule has 1 N–H and O–H groups in total. The van der Waals surface area contributed by atoms with E-state index in [1.807, 2.05) is 0 Å². The van der Waals surface area contributed by atoms with E-state index in [0.717, 1.165) is 0 Å². The van der Waals surface area contributed by atoms with Crippen LogP contribution < -0.4 is 4.74 Å². The highest BCUT2D eigenvalue weighted by Gasteiger charge is 2.34. The Kier molecular flexibility index (Phi) is 7.25. The lowest BCUT2D eigenvalue weighted by atomic mass is 9.99. The van der Waals surface area contributed by atoms with Gasteiger partial charge in [0.25, 0.3) is 0 Å². The third-order valence-electron chi connectivity index (χ3n) is 6.25. The number of hydrogen-bond acceptors (Lipinski definition) is 4. The molecule has 0 radical (unpaired) electrons.